The molecule has 0 fully saturated rings. The molecular formula is C15H13Br2ClO. The van der Waals surface area contributed by atoms with Crippen molar-refractivity contribution in [3.05, 3.63) is 62.6 Å². The fraction of sp³-hybridized carbons (Fsp3) is 0.200. The van der Waals surface area contributed by atoms with E-state index in [1.54, 1.807) is 7.11 Å². The van der Waals surface area contributed by atoms with E-state index < -0.39 is 0 Å². The average Bonchev–Trinajstić information content (AvgIpc) is 2.36. The highest BCUT2D eigenvalue weighted by atomic mass is 79.9. The van der Waals surface area contributed by atoms with E-state index in [1.807, 2.05) is 18.2 Å². The second-order valence-corrected chi connectivity index (χ2v) is 6.56. The Morgan fingerprint density at radius 3 is 2.42 bits per heavy atom. The average molecular weight is 405 g/mol. The molecule has 0 aromatic heterocycles. The number of benzene rings is 2. The molecule has 2 aromatic carbocycles. The molecule has 1 nitrogen and oxygen atoms in total. The fourth-order valence-corrected chi connectivity index (χ4v) is 3.38. The van der Waals surface area contributed by atoms with E-state index in [-0.39, 0.29) is 4.83 Å². The Morgan fingerprint density at radius 2 is 1.84 bits per heavy atom. The van der Waals surface area contributed by atoms with Gasteiger partial charge in [0.1, 0.15) is 5.75 Å². The highest BCUT2D eigenvalue weighted by molar-refractivity contribution is 9.10. The van der Waals surface area contributed by atoms with E-state index in [0.717, 1.165) is 10.0 Å². The standard InChI is InChI=1S/C15H13Br2ClO/c1-9-5-11(7-12(16)6-9)15(17)10-3-4-14(19-2)13(18)8-10/h3-8,15H,1-2H3. The number of halogens is 3. The van der Waals surface area contributed by atoms with Gasteiger partial charge in [0.05, 0.1) is 17.0 Å². The van der Waals surface area contributed by atoms with E-state index >= 15 is 0 Å². The van der Waals surface area contributed by atoms with Crippen LogP contribution in [0.3, 0.4) is 0 Å². The Kier molecular flexibility index (Phi) is 4.93. The second kappa shape index (κ2) is 6.29. The van der Waals surface area contributed by atoms with Crippen molar-refractivity contribution in [1.82, 2.24) is 0 Å². The van der Waals surface area contributed by atoms with Crippen LogP contribution in [0.1, 0.15) is 21.5 Å². The highest BCUT2D eigenvalue weighted by Crippen LogP contribution is 2.36. The number of ether oxygens (including phenoxy) is 1. The van der Waals surface area contributed by atoms with Gasteiger partial charge in [-0.3, -0.25) is 0 Å². The summed E-state index contributed by atoms with van der Waals surface area (Å²) in [6, 6.07) is 12.2. The van der Waals surface area contributed by atoms with E-state index in [9.17, 15) is 0 Å². The van der Waals surface area contributed by atoms with Crippen LogP contribution >= 0.6 is 43.5 Å². The molecule has 0 aliphatic carbocycles. The van der Waals surface area contributed by atoms with Crippen LogP contribution < -0.4 is 4.74 Å². The van der Waals surface area contributed by atoms with Crippen molar-refractivity contribution in [2.75, 3.05) is 7.11 Å². The molecule has 2 rings (SSSR count). The van der Waals surface area contributed by atoms with Gasteiger partial charge in [-0.15, -0.1) is 0 Å². The zero-order valence-electron chi connectivity index (χ0n) is 10.6. The van der Waals surface area contributed by atoms with Gasteiger partial charge in [0.2, 0.25) is 0 Å². The first-order chi connectivity index (χ1) is 9.01. The Labute approximate surface area is 135 Å². The third kappa shape index (κ3) is 3.53. The zero-order chi connectivity index (χ0) is 14.0. The number of hydrogen-bond acceptors (Lipinski definition) is 1. The van der Waals surface area contributed by atoms with E-state index in [2.05, 4.69) is 57.0 Å². The minimum Gasteiger partial charge on any atom is -0.495 e. The summed E-state index contributed by atoms with van der Waals surface area (Å²) in [5.74, 6) is 0.690. The van der Waals surface area contributed by atoms with Crippen LogP contribution in [0.15, 0.2) is 40.9 Å². The smallest absolute Gasteiger partial charge is 0.137 e. The quantitative estimate of drug-likeness (QED) is 0.579. The molecule has 19 heavy (non-hydrogen) atoms. The maximum Gasteiger partial charge on any atom is 0.137 e. The van der Waals surface area contributed by atoms with Crippen LogP contribution in [-0.4, -0.2) is 7.11 Å². The third-order valence-corrected chi connectivity index (χ3v) is 4.64. The maximum atomic E-state index is 6.17. The first kappa shape index (κ1) is 14.9. The Bertz CT molecular complexity index is 578. The number of rotatable bonds is 3. The van der Waals surface area contributed by atoms with Gasteiger partial charge >= 0.3 is 0 Å². The second-order valence-electron chi connectivity index (χ2n) is 4.32. The summed E-state index contributed by atoms with van der Waals surface area (Å²) in [5, 5.41) is 0.621. The molecule has 1 unspecified atom stereocenters. The number of hydrogen-bond donors (Lipinski definition) is 0. The van der Waals surface area contributed by atoms with Gasteiger partial charge in [-0.25, -0.2) is 0 Å². The van der Waals surface area contributed by atoms with E-state index in [0.29, 0.717) is 10.8 Å². The van der Waals surface area contributed by atoms with Gasteiger partial charge in [-0.05, 0) is 47.9 Å². The summed E-state index contributed by atoms with van der Waals surface area (Å²) in [4.78, 5) is 0.104. The Hall–Kier alpha value is -0.510. The molecule has 0 bridgehead atoms. The predicted octanol–water partition coefficient (Wildman–Crippen LogP) is 5.90. The normalized spacial score (nSPS) is 12.3. The lowest BCUT2D eigenvalue weighted by molar-refractivity contribution is 0.415. The van der Waals surface area contributed by atoms with Crippen molar-refractivity contribution < 1.29 is 4.74 Å². The fourth-order valence-electron chi connectivity index (χ4n) is 1.94. The van der Waals surface area contributed by atoms with E-state index in [4.69, 9.17) is 16.3 Å². The zero-order valence-corrected chi connectivity index (χ0v) is 14.5. The maximum absolute atomic E-state index is 6.17. The Balaban J connectivity index is 2.38. The first-order valence-electron chi connectivity index (χ1n) is 5.76. The molecule has 2 aromatic rings. The lowest BCUT2D eigenvalue weighted by Gasteiger charge is -2.14. The predicted molar refractivity (Wildman–Crippen MR) is 87.7 cm³/mol. The largest absolute Gasteiger partial charge is 0.495 e. The van der Waals surface area contributed by atoms with Crippen LogP contribution in [-0.2, 0) is 0 Å². The molecule has 1 atom stereocenters. The van der Waals surface area contributed by atoms with Gasteiger partial charge in [0.25, 0.3) is 0 Å². The molecular weight excluding hydrogens is 391 g/mol. The molecule has 0 N–H and O–H groups in total. The molecule has 0 amide bonds. The highest BCUT2D eigenvalue weighted by Gasteiger charge is 2.13. The van der Waals surface area contributed by atoms with E-state index in [1.165, 1.54) is 11.1 Å². The number of methoxy groups -OCH3 is 1. The molecule has 0 saturated carbocycles. The van der Waals surface area contributed by atoms with Gasteiger partial charge in [-0.2, -0.15) is 0 Å². The van der Waals surface area contributed by atoms with Crippen molar-refractivity contribution >= 4 is 43.5 Å². The molecule has 0 aliphatic heterocycles. The molecule has 0 saturated heterocycles. The molecule has 100 valence electrons. The molecule has 0 radical (unpaired) electrons. The minimum atomic E-state index is 0.104. The SMILES string of the molecule is COc1ccc(C(Br)c2cc(C)cc(Br)c2)cc1Cl. The van der Waals surface area contributed by atoms with Gasteiger partial charge in [0, 0.05) is 4.47 Å². The summed E-state index contributed by atoms with van der Waals surface area (Å²) < 4.78 is 6.24. The van der Waals surface area contributed by atoms with Crippen LogP contribution in [0, 0.1) is 6.92 Å². The topological polar surface area (TPSA) is 9.23 Å². The third-order valence-electron chi connectivity index (χ3n) is 2.83. The molecule has 0 spiro atoms. The van der Waals surface area contributed by atoms with Crippen LogP contribution in [0.5, 0.6) is 5.75 Å². The van der Waals surface area contributed by atoms with Crippen LogP contribution in [0.2, 0.25) is 5.02 Å². The van der Waals surface area contributed by atoms with Crippen LogP contribution in [0.25, 0.3) is 0 Å². The summed E-state index contributed by atoms with van der Waals surface area (Å²) in [7, 11) is 1.62. The van der Waals surface area contributed by atoms with Crippen molar-refractivity contribution in [2.45, 2.75) is 11.8 Å². The molecule has 4 heteroatoms. The summed E-state index contributed by atoms with van der Waals surface area (Å²) in [6.45, 7) is 2.08. The Morgan fingerprint density at radius 1 is 1.11 bits per heavy atom. The van der Waals surface area contributed by atoms with Crippen molar-refractivity contribution in [1.29, 1.82) is 0 Å². The first-order valence-corrected chi connectivity index (χ1v) is 7.84. The molecule has 0 heterocycles. The monoisotopic (exact) mass is 402 g/mol. The van der Waals surface area contributed by atoms with Crippen molar-refractivity contribution in [3.8, 4) is 5.75 Å². The van der Waals surface area contributed by atoms with Crippen LogP contribution in [0.4, 0.5) is 0 Å². The van der Waals surface area contributed by atoms with Crippen molar-refractivity contribution in [3.63, 3.8) is 0 Å². The molecule has 0 aliphatic rings. The lowest BCUT2D eigenvalue weighted by Crippen LogP contribution is -1.95. The summed E-state index contributed by atoms with van der Waals surface area (Å²) >= 11 is 13.4. The van der Waals surface area contributed by atoms with Crippen molar-refractivity contribution in [2.24, 2.45) is 0 Å². The van der Waals surface area contributed by atoms with Gasteiger partial charge in [0.15, 0.2) is 0 Å². The lowest BCUT2D eigenvalue weighted by atomic mass is 10.0. The minimum absolute atomic E-state index is 0.104. The summed E-state index contributed by atoms with van der Waals surface area (Å²) in [5.41, 5.74) is 3.50. The van der Waals surface area contributed by atoms with Gasteiger partial charge < -0.3 is 4.74 Å². The number of alkyl halides is 1. The summed E-state index contributed by atoms with van der Waals surface area (Å²) in [6.07, 6.45) is 0. The number of aryl methyl sites for hydroxylation is 1. The van der Waals surface area contributed by atoms with Gasteiger partial charge in [-0.1, -0.05) is 55.6 Å².